The highest BCUT2D eigenvalue weighted by Crippen LogP contribution is 2.33. The van der Waals surface area contributed by atoms with E-state index in [0.29, 0.717) is 0 Å². The Morgan fingerprint density at radius 2 is 1.17 bits per heavy atom. The van der Waals surface area contributed by atoms with E-state index in [-0.39, 0.29) is 10.9 Å². The van der Waals surface area contributed by atoms with Crippen molar-refractivity contribution in [3.8, 4) is 0 Å². The maximum Gasteiger partial charge on any atom is 0.169 e. The van der Waals surface area contributed by atoms with Crippen LogP contribution in [-0.2, 0) is 17.3 Å². The molecule has 0 bridgehead atoms. The highest BCUT2D eigenvalue weighted by molar-refractivity contribution is 7.97. The van der Waals surface area contributed by atoms with Gasteiger partial charge in [-0.25, -0.2) is 0 Å². The van der Waals surface area contributed by atoms with E-state index < -0.39 is 0 Å². The minimum atomic E-state index is -0.0316. The first-order valence-electron chi connectivity index (χ1n) is 8.82. The van der Waals surface area contributed by atoms with Gasteiger partial charge in [-0.15, -0.1) is 0 Å². The molecule has 0 spiro atoms. The highest BCUT2D eigenvalue weighted by atomic mass is 32.2. The number of hydrogen-bond acceptors (Lipinski definition) is 0. The molecule has 0 saturated carbocycles. The van der Waals surface area contributed by atoms with Crippen molar-refractivity contribution in [2.24, 2.45) is 0 Å². The topological polar surface area (TPSA) is 0 Å². The van der Waals surface area contributed by atoms with Crippen molar-refractivity contribution in [1.82, 2.24) is 0 Å². The van der Waals surface area contributed by atoms with Crippen LogP contribution in [0.2, 0.25) is 0 Å². The third-order valence-electron chi connectivity index (χ3n) is 4.20. The normalized spacial score (nSPS) is 10.9. The van der Waals surface area contributed by atoms with Gasteiger partial charge in [-0.2, -0.15) is 0 Å². The monoisotopic (exact) mass is 333 g/mol. The molecule has 0 atom stereocenters. The number of aryl methyl sites for hydroxylation is 1. The Kier molecular flexibility index (Phi) is 6.14. The van der Waals surface area contributed by atoms with Crippen molar-refractivity contribution in [2.45, 2.75) is 47.3 Å². The number of unbranched alkanes of at least 4 members (excludes halogenated alkanes) is 2. The van der Waals surface area contributed by atoms with Crippen LogP contribution in [0, 0.1) is 0 Å². The SMILES string of the molecule is CCCCCc1ccccc1[S+](c1ccccc1)c1ccccc1. The van der Waals surface area contributed by atoms with Crippen LogP contribution in [0.4, 0.5) is 0 Å². The molecule has 3 aromatic carbocycles. The molecule has 1 heteroatoms. The number of benzene rings is 3. The van der Waals surface area contributed by atoms with E-state index in [1.54, 1.807) is 0 Å². The Balaban J connectivity index is 2.04. The van der Waals surface area contributed by atoms with Gasteiger partial charge in [-0.3, -0.25) is 0 Å². The summed E-state index contributed by atoms with van der Waals surface area (Å²) in [5, 5.41) is 0. The molecular weight excluding hydrogens is 308 g/mol. The van der Waals surface area contributed by atoms with Crippen molar-refractivity contribution in [3.63, 3.8) is 0 Å². The Morgan fingerprint density at radius 1 is 0.625 bits per heavy atom. The Bertz CT molecular complexity index is 695. The minimum absolute atomic E-state index is 0.0316. The third kappa shape index (κ3) is 4.10. The average Bonchev–Trinajstić information content (AvgIpc) is 2.65. The number of rotatable bonds is 7. The summed E-state index contributed by atoms with van der Waals surface area (Å²) in [7, 11) is -0.0316. The van der Waals surface area contributed by atoms with Crippen molar-refractivity contribution in [3.05, 3.63) is 90.5 Å². The highest BCUT2D eigenvalue weighted by Gasteiger charge is 2.30. The summed E-state index contributed by atoms with van der Waals surface area (Å²) >= 11 is 0. The summed E-state index contributed by atoms with van der Waals surface area (Å²) in [6, 6.07) is 30.9. The molecule has 0 aliphatic carbocycles. The van der Waals surface area contributed by atoms with Gasteiger partial charge in [0.2, 0.25) is 0 Å². The van der Waals surface area contributed by atoms with Crippen molar-refractivity contribution < 1.29 is 0 Å². The summed E-state index contributed by atoms with van der Waals surface area (Å²) in [4.78, 5) is 4.27. The second kappa shape index (κ2) is 8.75. The van der Waals surface area contributed by atoms with Crippen molar-refractivity contribution in [2.75, 3.05) is 0 Å². The van der Waals surface area contributed by atoms with Crippen LogP contribution in [0.25, 0.3) is 0 Å². The average molecular weight is 334 g/mol. The largest absolute Gasteiger partial charge is 0.169 e. The third-order valence-corrected chi connectivity index (χ3v) is 6.53. The predicted octanol–water partition coefficient (Wildman–Crippen LogP) is 6.51. The second-order valence-corrected chi connectivity index (χ2v) is 7.99. The Hall–Kier alpha value is -1.99. The van der Waals surface area contributed by atoms with E-state index >= 15 is 0 Å². The van der Waals surface area contributed by atoms with Gasteiger partial charge in [0.1, 0.15) is 0 Å². The fourth-order valence-corrected chi connectivity index (χ4v) is 5.26. The van der Waals surface area contributed by atoms with Crippen LogP contribution in [0.1, 0.15) is 31.7 Å². The lowest BCUT2D eigenvalue weighted by Gasteiger charge is -2.12. The lowest BCUT2D eigenvalue weighted by atomic mass is 10.1. The molecule has 0 radical (unpaired) electrons. The van der Waals surface area contributed by atoms with E-state index in [1.165, 1.54) is 45.9 Å². The van der Waals surface area contributed by atoms with Crippen LogP contribution in [0.15, 0.2) is 99.6 Å². The van der Waals surface area contributed by atoms with Crippen molar-refractivity contribution >= 4 is 10.9 Å². The molecule has 0 unspecified atom stereocenters. The van der Waals surface area contributed by atoms with Crippen LogP contribution in [0.3, 0.4) is 0 Å². The van der Waals surface area contributed by atoms with E-state index in [1.807, 2.05) is 0 Å². The molecule has 0 aliphatic heterocycles. The molecule has 0 aliphatic rings. The lowest BCUT2D eigenvalue weighted by molar-refractivity contribution is 0.711. The van der Waals surface area contributed by atoms with Gasteiger partial charge in [0.05, 0.1) is 10.9 Å². The molecule has 3 aromatic rings. The van der Waals surface area contributed by atoms with Gasteiger partial charge in [0.15, 0.2) is 14.7 Å². The quantitative estimate of drug-likeness (QED) is 0.341. The fourth-order valence-electron chi connectivity index (χ4n) is 2.98. The van der Waals surface area contributed by atoms with Crippen LogP contribution >= 0.6 is 0 Å². The maximum atomic E-state index is 2.32. The standard InChI is InChI=1S/C23H25S/c1-2-3-6-13-20-14-11-12-19-23(20)24(21-15-7-4-8-16-21)22-17-9-5-10-18-22/h4-5,7-12,14-19H,2-3,6,13H2,1H3/q+1. The van der Waals surface area contributed by atoms with E-state index in [0.717, 1.165) is 0 Å². The first kappa shape index (κ1) is 16.9. The van der Waals surface area contributed by atoms with Gasteiger partial charge in [-0.05, 0) is 43.2 Å². The first-order valence-corrected chi connectivity index (χ1v) is 10.0. The van der Waals surface area contributed by atoms with Gasteiger partial charge >= 0.3 is 0 Å². The zero-order valence-electron chi connectivity index (χ0n) is 14.3. The van der Waals surface area contributed by atoms with Crippen LogP contribution in [0.5, 0.6) is 0 Å². The van der Waals surface area contributed by atoms with Gasteiger partial charge in [0.25, 0.3) is 0 Å². The molecule has 122 valence electrons. The summed E-state index contributed by atoms with van der Waals surface area (Å²) in [5.41, 5.74) is 1.50. The summed E-state index contributed by atoms with van der Waals surface area (Å²) in [6.45, 7) is 2.27. The fraction of sp³-hybridized carbons (Fsp3) is 0.217. The van der Waals surface area contributed by atoms with Gasteiger partial charge < -0.3 is 0 Å². The first-order chi connectivity index (χ1) is 11.9. The lowest BCUT2D eigenvalue weighted by Crippen LogP contribution is -2.07. The molecule has 0 fully saturated rings. The van der Waals surface area contributed by atoms with E-state index in [2.05, 4.69) is 91.9 Å². The predicted molar refractivity (Wildman–Crippen MR) is 105 cm³/mol. The zero-order valence-corrected chi connectivity index (χ0v) is 15.1. The minimum Gasteiger partial charge on any atom is -0.0654 e. The molecule has 0 nitrogen and oxygen atoms in total. The molecule has 3 rings (SSSR count). The Labute approximate surface area is 148 Å². The van der Waals surface area contributed by atoms with Crippen LogP contribution in [-0.4, -0.2) is 0 Å². The smallest absolute Gasteiger partial charge is 0.0654 e. The molecular formula is C23H25S+. The van der Waals surface area contributed by atoms with Crippen molar-refractivity contribution in [1.29, 1.82) is 0 Å². The summed E-state index contributed by atoms with van der Waals surface area (Å²) < 4.78 is 0. The second-order valence-electron chi connectivity index (χ2n) is 6.00. The zero-order chi connectivity index (χ0) is 16.6. The molecule has 0 saturated heterocycles. The Morgan fingerprint density at radius 3 is 1.75 bits per heavy atom. The van der Waals surface area contributed by atoms with Gasteiger partial charge in [-0.1, -0.05) is 74.4 Å². The molecule has 0 amide bonds. The van der Waals surface area contributed by atoms with E-state index in [9.17, 15) is 0 Å². The van der Waals surface area contributed by atoms with E-state index in [4.69, 9.17) is 0 Å². The molecule has 0 heterocycles. The maximum absolute atomic E-state index is 2.32. The summed E-state index contributed by atoms with van der Waals surface area (Å²) in [5.74, 6) is 0. The molecule has 24 heavy (non-hydrogen) atoms. The van der Waals surface area contributed by atoms with Crippen LogP contribution < -0.4 is 0 Å². The summed E-state index contributed by atoms with van der Waals surface area (Å²) in [6.07, 6.45) is 5.02. The molecule has 0 N–H and O–H groups in total. The molecule has 0 aromatic heterocycles. The van der Waals surface area contributed by atoms with Gasteiger partial charge in [0, 0.05) is 5.56 Å². The number of hydrogen-bond donors (Lipinski definition) is 0.